The number of benzene rings is 2. The van der Waals surface area contributed by atoms with Crippen molar-refractivity contribution in [2.75, 3.05) is 24.3 Å². The highest BCUT2D eigenvalue weighted by Gasteiger charge is 2.08. The topological polar surface area (TPSA) is 50.4 Å². The van der Waals surface area contributed by atoms with Gasteiger partial charge in [-0.05, 0) is 36.4 Å². The van der Waals surface area contributed by atoms with E-state index in [1.54, 1.807) is 18.2 Å². The van der Waals surface area contributed by atoms with Gasteiger partial charge in [-0.2, -0.15) is 0 Å². The summed E-state index contributed by atoms with van der Waals surface area (Å²) in [6.07, 6.45) is 0.134. The lowest BCUT2D eigenvalue weighted by Crippen LogP contribution is -2.16. The molecule has 4 nitrogen and oxygen atoms in total. The summed E-state index contributed by atoms with van der Waals surface area (Å²) in [7, 11) is 1.49. The summed E-state index contributed by atoms with van der Waals surface area (Å²) < 4.78 is 31.0. The summed E-state index contributed by atoms with van der Waals surface area (Å²) in [6.45, 7) is 0.264. The molecular weight excluding hydrogens is 326 g/mol. The Hall–Kier alpha value is -2.34. The molecule has 0 fully saturated rings. The predicted molar refractivity (Wildman–Crippen MR) is 86.1 cm³/mol. The number of rotatable bonds is 6. The maximum Gasteiger partial charge on any atom is 0.226 e. The lowest BCUT2D eigenvalue weighted by molar-refractivity contribution is -0.116. The second-order valence-corrected chi connectivity index (χ2v) is 5.13. The first-order valence-corrected chi connectivity index (χ1v) is 7.19. The molecule has 2 rings (SSSR count). The van der Waals surface area contributed by atoms with Crippen LogP contribution >= 0.6 is 11.6 Å². The summed E-state index contributed by atoms with van der Waals surface area (Å²) in [6, 6.07) is 8.34. The SMILES string of the molecule is COc1ccc(Cl)cc1NC(=O)CCNc1ccc(F)c(F)c1. The molecule has 0 saturated carbocycles. The van der Waals surface area contributed by atoms with E-state index in [-0.39, 0.29) is 18.9 Å². The molecule has 0 aromatic heterocycles. The van der Waals surface area contributed by atoms with Crippen LogP contribution in [0.4, 0.5) is 20.2 Å². The zero-order valence-electron chi connectivity index (χ0n) is 12.3. The van der Waals surface area contributed by atoms with E-state index in [4.69, 9.17) is 16.3 Å². The molecule has 23 heavy (non-hydrogen) atoms. The summed E-state index contributed by atoms with van der Waals surface area (Å²) in [5, 5.41) is 6.00. The van der Waals surface area contributed by atoms with Gasteiger partial charge in [0, 0.05) is 23.7 Å². The van der Waals surface area contributed by atoms with E-state index in [0.29, 0.717) is 22.1 Å². The van der Waals surface area contributed by atoms with Crippen molar-refractivity contribution in [3.05, 3.63) is 53.1 Å². The van der Waals surface area contributed by atoms with E-state index in [2.05, 4.69) is 10.6 Å². The van der Waals surface area contributed by atoms with E-state index in [1.807, 2.05) is 0 Å². The Morgan fingerprint density at radius 3 is 2.65 bits per heavy atom. The minimum atomic E-state index is -0.942. The van der Waals surface area contributed by atoms with E-state index < -0.39 is 11.6 Å². The molecule has 0 aliphatic rings. The van der Waals surface area contributed by atoms with Crippen LogP contribution < -0.4 is 15.4 Å². The van der Waals surface area contributed by atoms with Gasteiger partial charge in [0.2, 0.25) is 5.91 Å². The maximum absolute atomic E-state index is 13.1. The average molecular weight is 341 g/mol. The van der Waals surface area contributed by atoms with Crippen molar-refractivity contribution in [1.29, 1.82) is 0 Å². The highest BCUT2D eigenvalue weighted by atomic mass is 35.5. The molecule has 2 aromatic rings. The fraction of sp³-hybridized carbons (Fsp3) is 0.188. The van der Waals surface area contributed by atoms with Gasteiger partial charge < -0.3 is 15.4 Å². The standard InChI is InChI=1S/C16H15ClF2N2O2/c1-23-15-5-2-10(17)8-14(15)21-16(22)6-7-20-11-3-4-12(18)13(19)9-11/h2-5,8-9,20H,6-7H2,1H3,(H,21,22). The lowest BCUT2D eigenvalue weighted by atomic mass is 10.2. The van der Waals surface area contributed by atoms with Crippen LogP contribution in [0.2, 0.25) is 5.02 Å². The maximum atomic E-state index is 13.1. The third kappa shape index (κ3) is 4.82. The first-order chi connectivity index (χ1) is 11.0. The predicted octanol–water partition coefficient (Wildman–Crippen LogP) is 4.07. The molecule has 0 saturated heterocycles. The summed E-state index contributed by atoms with van der Waals surface area (Å²) >= 11 is 5.88. The van der Waals surface area contributed by atoms with Gasteiger partial charge in [0.15, 0.2) is 11.6 Å². The zero-order chi connectivity index (χ0) is 16.8. The van der Waals surface area contributed by atoms with E-state index >= 15 is 0 Å². The van der Waals surface area contributed by atoms with E-state index in [9.17, 15) is 13.6 Å². The number of carbonyl (C=O) groups excluding carboxylic acids is 1. The van der Waals surface area contributed by atoms with Crippen molar-refractivity contribution >= 4 is 28.9 Å². The molecule has 2 N–H and O–H groups in total. The Labute approximate surface area is 137 Å². The van der Waals surface area contributed by atoms with Gasteiger partial charge in [-0.25, -0.2) is 8.78 Å². The van der Waals surface area contributed by atoms with Crippen molar-refractivity contribution in [1.82, 2.24) is 0 Å². The van der Waals surface area contributed by atoms with Crippen LogP contribution in [0.1, 0.15) is 6.42 Å². The molecule has 0 heterocycles. The molecule has 122 valence electrons. The molecular formula is C16H15ClF2N2O2. The largest absolute Gasteiger partial charge is 0.495 e. The first kappa shape index (κ1) is 17.0. The quantitative estimate of drug-likeness (QED) is 0.833. The van der Waals surface area contributed by atoms with E-state index in [0.717, 1.165) is 12.1 Å². The molecule has 0 aliphatic carbocycles. The van der Waals surface area contributed by atoms with Crippen LogP contribution in [0.15, 0.2) is 36.4 Å². The van der Waals surface area contributed by atoms with Gasteiger partial charge in [0.05, 0.1) is 12.8 Å². The van der Waals surface area contributed by atoms with Crippen molar-refractivity contribution in [2.24, 2.45) is 0 Å². The second-order valence-electron chi connectivity index (χ2n) is 4.70. The number of halogens is 3. The number of carbonyl (C=O) groups is 1. The third-order valence-corrected chi connectivity index (χ3v) is 3.27. The minimum Gasteiger partial charge on any atom is -0.495 e. The molecule has 0 spiro atoms. The molecule has 2 aromatic carbocycles. The third-order valence-electron chi connectivity index (χ3n) is 3.04. The van der Waals surface area contributed by atoms with E-state index in [1.165, 1.54) is 13.2 Å². The molecule has 0 aliphatic heterocycles. The van der Waals surface area contributed by atoms with Gasteiger partial charge in [-0.3, -0.25) is 4.79 Å². The van der Waals surface area contributed by atoms with Crippen molar-refractivity contribution in [3.63, 3.8) is 0 Å². The normalized spacial score (nSPS) is 10.3. The Bertz CT molecular complexity index is 710. The molecule has 0 atom stereocenters. The molecule has 1 amide bonds. The minimum absolute atomic E-state index is 0.134. The van der Waals surface area contributed by atoms with Crippen molar-refractivity contribution in [2.45, 2.75) is 6.42 Å². The smallest absolute Gasteiger partial charge is 0.226 e. The second kappa shape index (κ2) is 7.78. The molecule has 0 bridgehead atoms. The van der Waals surface area contributed by atoms with Crippen LogP contribution in [0.25, 0.3) is 0 Å². The monoisotopic (exact) mass is 340 g/mol. The van der Waals surface area contributed by atoms with Gasteiger partial charge in [-0.15, -0.1) is 0 Å². The highest BCUT2D eigenvalue weighted by Crippen LogP contribution is 2.27. The number of methoxy groups -OCH3 is 1. The number of nitrogens with one attached hydrogen (secondary N) is 2. The van der Waals surface area contributed by atoms with Gasteiger partial charge in [0.1, 0.15) is 5.75 Å². The Balaban J connectivity index is 1.88. The van der Waals surface area contributed by atoms with Crippen LogP contribution in [0, 0.1) is 11.6 Å². The van der Waals surface area contributed by atoms with Crippen LogP contribution in [-0.2, 0) is 4.79 Å². The lowest BCUT2D eigenvalue weighted by Gasteiger charge is -2.11. The summed E-state index contributed by atoms with van der Waals surface area (Å²) in [5.74, 6) is -1.62. The molecule has 0 unspecified atom stereocenters. The molecule has 0 radical (unpaired) electrons. The fourth-order valence-corrected chi connectivity index (χ4v) is 2.09. The number of ether oxygens (including phenoxy) is 1. The number of anilines is 2. The summed E-state index contributed by atoms with van der Waals surface area (Å²) in [4.78, 5) is 11.9. The van der Waals surface area contributed by atoms with Crippen LogP contribution in [0.5, 0.6) is 5.75 Å². The Morgan fingerprint density at radius 2 is 1.96 bits per heavy atom. The van der Waals surface area contributed by atoms with Crippen LogP contribution in [-0.4, -0.2) is 19.6 Å². The van der Waals surface area contributed by atoms with Crippen molar-refractivity contribution in [3.8, 4) is 5.75 Å². The zero-order valence-corrected chi connectivity index (χ0v) is 13.1. The number of hydrogen-bond donors (Lipinski definition) is 2. The number of amides is 1. The number of hydrogen-bond acceptors (Lipinski definition) is 3. The molecule has 7 heteroatoms. The highest BCUT2D eigenvalue weighted by molar-refractivity contribution is 6.31. The van der Waals surface area contributed by atoms with Gasteiger partial charge in [0.25, 0.3) is 0 Å². The van der Waals surface area contributed by atoms with Crippen molar-refractivity contribution < 1.29 is 18.3 Å². The van der Waals surface area contributed by atoms with Gasteiger partial charge >= 0.3 is 0 Å². The summed E-state index contributed by atoms with van der Waals surface area (Å²) in [5.41, 5.74) is 0.870. The van der Waals surface area contributed by atoms with Crippen LogP contribution in [0.3, 0.4) is 0 Å². The first-order valence-electron chi connectivity index (χ1n) is 6.82. The Morgan fingerprint density at radius 1 is 1.17 bits per heavy atom. The fourth-order valence-electron chi connectivity index (χ4n) is 1.92. The average Bonchev–Trinajstić information content (AvgIpc) is 2.51. The van der Waals surface area contributed by atoms with Gasteiger partial charge in [-0.1, -0.05) is 11.6 Å². The Kier molecular flexibility index (Phi) is 5.76.